The lowest BCUT2D eigenvalue weighted by Crippen LogP contribution is -2.12. The third-order valence-electron chi connectivity index (χ3n) is 13.4. The fourth-order valence-electron chi connectivity index (χ4n) is 10.4. The van der Waals surface area contributed by atoms with E-state index >= 15 is 0 Å². The highest BCUT2D eigenvalue weighted by molar-refractivity contribution is 6.13. The van der Waals surface area contributed by atoms with Crippen LogP contribution in [0.4, 0.5) is 17.1 Å². The molecule has 0 aliphatic rings. The van der Waals surface area contributed by atoms with Crippen LogP contribution in [-0.2, 0) is 0 Å². The van der Waals surface area contributed by atoms with E-state index in [9.17, 15) is 0 Å². The molecular formula is C64H42N2O. The van der Waals surface area contributed by atoms with Crippen LogP contribution < -0.4 is 4.90 Å². The van der Waals surface area contributed by atoms with Crippen molar-refractivity contribution in [1.82, 2.24) is 4.57 Å². The first-order valence-corrected chi connectivity index (χ1v) is 22.9. The van der Waals surface area contributed by atoms with E-state index in [1.807, 2.05) is 6.07 Å². The van der Waals surface area contributed by atoms with Gasteiger partial charge in [-0.3, -0.25) is 0 Å². The van der Waals surface area contributed by atoms with E-state index in [1.165, 1.54) is 43.8 Å². The maximum atomic E-state index is 6.63. The minimum atomic E-state index is 0.888. The van der Waals surface area contributed by atoms with Gasteiger partial charge in [0.15, 0.2) is 0 Å². The number of hydrogen-bond acceptors (Lipinski definition) is 2. The van der Waals surface area contributed by atoms with Crippen LogP contribution in [0, 0.1) is 0 Å². The fourth-order valence-corrected chi connectivity index (χ4v) is 10.4. The second kappa shape index (κ2) is 16.0. The highest BCUT2D eigenvalue weighted by atomic mass is 16.3. The van der Waals surface area contributed by atoms with E-state index in [0.29, 0.717) is 0 Å². The molecule has 11 aromatic carbocycles. The number of furan rings is 1. The Hall–Kier alpha value is -8.92. The quantitative estimate of drug-likeness (QED) is 0.152. The van der Waals surface area contributed by atoms with Gasteiger partial charge in [0.25, 0.3) is 0 Å². The summed E-state index contributed by atoms with van der Waals surface area (Å²) in [5.74, 6) is 0. The Kier molecular flexibility index (Phi) is 9.17. The second-order valence-corrected chi connectivity index (χ2v) is 17.2. The number of fused-ring (bicyclic) bond motifs is 7. The number of rotatable bonds is 8. The number of hydrogen-bond donors (Lipinski definition) is 0. The summed E-state index contributed by atoms with van der Waals surface area (Å²) in [7, 11) is 0. The van der Waals surface area contributed by atoms with E-state index in [1.54, 1.807) is 0 Å². The van der Waals surface area contributed by atoms with Crippen LogP contribution in [0.2, 0.25) is 0 Å². The van der Waals surface area contributed by atoms with Gasteiger partial charge in [-0.1, -0.05) is 200 Å². The Morgan fingerprint density at radius 1 is 0.328 bits per heavy atom. The molecule has 0 aliphatic carbocycles. The summed E-state index contributed by atoms with van der Waals surface area (Å²) in [5, 5.41) is 7.11. The standard InChI is InChI=1S/C64H42N2O/c1-3-19-43(20-4-1)50-31-16-21-44-22-17-33-56(63(44)50)53-29-9-13-37-60(53)66(48-26-15-23-45(41-48)51-32-18-34-57-55-30-10-14-38-62(55)67-64(51)57)58-35-11-7-27-49(58)46-39-40-54-52-28-8-12-36-59(52)65(61(54)42-46)47-24-5-2-6-25-47/h1-42H. The molecule has 2 heterocycles. The molecule has 0 saturated carbocycles. The van der Waals surface area contributed by atoms with Gasteiger partial charge in [0.2, 0.25) is 0 Å². The Morgan fingerprint density at radius 3 is 1.73 bits per heavy atom. The molecule has 0 amide bonds. The van der Waals surface area contributed by atoms with Gasteiger partial charge in [-0.15, -0.1) is 0 Å². The van der Waals surface area contributed by atoms with Crippen molar-refractivity contribution in [2.24, 2.45) is 0 Å². The first-order chi connectivity index (χ1) is 33.3. The summed E-state index contributed by atoms with van der Waals surface area (Å²) in [6, 6.07) is 92.0. The smallest absolute Gasteiger partial charge is 0.143 e. The molecule has 0 fully saturated rings. The van der Waals surface area contributed by atoms with Crippen LogP contribution >= 0.6 is 0 Å². The highest BCUT2D eigenvalue weighted by Gasteiger charge is 2.24. The molecule has 3 nitrogen and oxygen atoms in total. The SMILES string of the molecule is c1ccc(-c2cccc3cccc(-c4ccccc4N(c4cccc(-c5cccc6c5oc5ccccc56)c4)c4ccccc4-c4ccc5c6ccccc6n(-c6ccccc6)c5c4)c23)cc1. The predicted octanol–water partition coefficient (Wildman–Crippen LogP) is 18.0. The van der Waals surface area contributed by atoms with Crippen molar-refractivity contribution in [3.8, 4) is 50.2 Å². The molecule has 0 unspecified atom stereocenters. The topological polar surface area (TPSA) is 21.3 Å². The average molecular weight is 855 g/mol. The predicted molar refractivity (Wildman–Crippen MR) is 282 cm³/mol. The van der Waals surface area contributed by atoms with Gasteiger partial charge in [0.1, 0.15) is 11.2 Å². The van der Waals surface area contributed by atoms with Crippen LogP contribution in [0.25, 0.3) is 105 Å². The molecule has 0 N–H and O–H groups in total. The molecular weight excluding hydrogens is 813 g/mol. The van der Waals surface area contributed by atoms with Gasteiger partial charge in [-0.05, 0) is 93.2 Å². The minimum absolute atomic E-state index is 0.888. The molecule has 0 saturated heterocycles. The minimum Gasteiger partial charge on any atom is -0.455 e. The van der Waals surface area contributed by atoms with Gasteiger partial charge < -0.3 is 13.9 Å². The maximum absolute atomic E-state index is 6.63. The Bertz CT molecular complexity index is 3990. The van der Waals surface area contributed by atoms with Gasteiger partial charge in [0.05, 0.1) is 22.4 Å². The molecule has 67 heavy (non-hydrogen) atoms. The monoisotopic (exact) mass is 854 g/mol. The van der Waals surface area contributed by atoms with Crippen LogP contribution in [0.3, 0.4) is 0 Å². The summed E-state index contributed by atoms with van der Waals surface area (Å²) in [6.07, 6.45) is 0. The normalized spacial score (nSPS) is 11.6. The van der Waals surface area contributed by atoms with Gasteiger partial charge >= 0.3 is 0 Å². The van der Waals surface area contributed by atoms with Crippen LogP contribution in [0.5, 0.6) is 0 Å². The van der Waals surface area contributed by atoms with Crippen LogP contribution in [-0.4, -0.2) is 4.57 Å². The Morgan fingerprint density at radius 2 is 0.896 bits per heavy atom. The third kappa shape index (κ3) is 6.43. The average Bonchev–Trinajstić information content (AvgIpc) is 3.95. The van der Waals surface area contributed by atoms with Gasteiger partial charge in [-0.25, -0.2) is 0 Å². The molecule has 3 heteroatoms. The zero-order valence-electron chi connectivity index (χ0n) is 36.6. The molecule has 0 bridgehead atoms. The van der Waals surface area contributed by atoms with Gasteiger partial charge in [0, 0.05) is 49.6 Å². The molecule has 13 aromatic rings. The largest absolute Gasteiger partial charge is 0.455 e. The molecule has 0 atom stereocenters. The molecule has 0 radical (unpaired) electrons. The van der Waals surface area contributed by atoms with Crippen molar-refractivity contribution >= 4 is 71.6 Å². The van der Waals surface area contributed by atoms with Crippen molar-refractivity contribution in [3.05, 3.63) is 255 Å². The summed E-state index contributed by atoms with van der Waals surface area (Å²) in [5.41, 5.74) is 17.5. The van der Waals surface area contributed by atoms with Crippen molar-refractivity contribution in [1.29, 1.82) is 0 Å². The lowest BCUT2D eigenvalue weighted by atomic mass is 9.90. The van der Waals surface area contributed by atoms with E-state index in [2.05, 4.69) is 258 Å². The summed E-state index contributed by atoms with van der Waals surface area (Å²) in [4.78, 5) is 2.47. The molecule has 314 valence electrons. The third-order valence-corrected chi connectivity index (χ3v) is 13.4. The summed E-state index contributed by atoms with van der Waals surface area (Å²) >= 11 is 0. The second-order valence-electron chi connectivity index (χ2n) is 17.2. The van der Waals surface area contributed by atoms with Crippen molar-refractivity contribution in [3.63, 3.8) is 0 Å². The molecule has 0 aliphatic heterocycles. The number of nitrogens with zero attached hydrogens (tertiary/aromatic N) is 2. The van der Waals surface area contributed by atoms with Crippen LogP contribution in [0.1, 0.15) is 0 Å². The number of para-hydroxylation sites is 6. The highest BCUT2D eigenvalue weighted by Crippen LogP contribution is 2.48. The first kappa shape index (κ1) is 38.5. The van der Waals surface area contributed by atoms with Crippen molar-refractivity contribution in [2.75, 3.05) is 4.90 Å². The zero-order chi connectivity index (χ0) is 44.3. The molecule has 0 spiro atoms. The number of aromatic nitrogens is 1. The number of anilines is 3. The maximum Gasteiger partial charge on any atom is 0.143 e. The van der Waals surface area contributed by atoms with E-state index in [4.69, 9.17) is 4.42 Å². The first-order valence-electron chi connectivity index (χ1n) is 22.9. The fraction of sp³-hybridized carbons (Fsp3) is 0. The van der Waals surface area contributed by atoms with Crippen molar-refractivity contribution in [2.45, 2.75) is 0 Å². The Balaban J connectivity index is 1.07. The zero-order valence-corrected chi connectivity index (χ0v) is 36.6. The summed E-state index contributed by atoms with van der Waals surface area (Å²) < 4.78 is 9.03. The lowest BCUT2D eigenvalue weighted by molar-refractivity contribution is 0.670. The van der Waals surface area contributed by atoms with E-state index in [0.717, 1.165) is 78.0 Å². The van der Waals surface area contributed by atoms with Gasteiger partial charge in [-0.2, -0.15) is 0 Å². The van der Waals surface area contributed by atoms with Crippen molar-refractivity contribution < 1.29 is 4.42 Å². The number of benzene rings is 11. The van der Waals surface area contributed by atoms with E-state index < -0.39 is 0 Å². The molecule has 2 aromatic heterocycles. The van der Waals surface area contributed by atoms with E-state index in [-0.39, 0.29) is 0 Å². The molecule has 13 rings (SSSR count). The van der Waals surface area contributed by atoms with Crippen LogP contribution in [0.15, 0.2) is 259 Å². The Labute approximate surface area is 388 Å². The summed E-state index contributed by atoms with van der Waals surface area (Å²) in [6.45, 7) is 0. The lowest BCUT2D eigenvalue weighted by Gasteiger charge is -2.30.